The number of carbonyl (C=O) groups is 1. The number of carbonyl (C=O) groups excluding carboxylic acids is 1. The molecule has 108 valence electrons. The number of ether oxygens (including phenoxy) is 1. The molecule has 0 saturated heterocycles. The lowest BCUT2D eigenvalue weighted by molar-refractivity contribution is -0.384. The molecule has 1 aromatic carbocycles. The molecule has 0 aliphatic heterocycles. The van der Waals surface area contributed by atoms with Gasteiger partial charge in [0.25, 0.3) is 5.69 Å². The van der Waals surface area contributed by atoms with Crippen molar-refractivity contribution >= 4 is 23.3 Å². The van der Waals surface area contributed by atoms with E-state index >= 15 is 0 Å². The average Bonchev–Trinajstić information content (AvgIpc) is 2.46. The van der Waals surface area contributed by atoms with Crippen LogP contribution in [0.1, 0.15) is 42.5 Å². The molecule has 1 aliphatic carbocycles. The number of non-ortho nitro benzene ring substituents is 1. The molecule has 2 rings (SSSR count). The fraction of sp³-hybridized carbons (Fsp3) is 0.500. The SMILES string of the molecule is O=C(OCC1CCCCC1)c1cc([N+](=O)[O-])ccc1Cl. The van der Waals surface area contributed by atoms with Gasteiger partial charge in [-0.3, -0.25) is 10.1 Å². The summed E-state index contributed by atoms with van der Waals surface area (Å²) in [6, 6.07) is 3.77. The smallest absolute Gasteiger partial charge is 0.339 e. The van der Waals surface area contributed by atoms with Crippen LogP contribution in [0.4, 0.5) is 5.69 Å². The molecule has 0 radical (unpaired) electrons. The number of nitro groups is 1. The van der Waals surface area contributed by atoms with Crippen LogP contribution in [-0.2, 0) is 4.74 Å². The highest BCUT2D eigenvalue weighted by atomic mass is 35.5. The van der Waals surface area contributed by atoms with Crippen molar-refractivity contribution in [1.82, 2.24) is 0 Å². The summed E-state index contributed by atoms with van der Waals surface area (Å²) < 4.78 is 5.24. The van der Waals surface area contributed by atoms with Crippen molar-refractivity contribution in [3.8, 4) is 0 Å². The average molecular weight is 298 g/mol. The van der Waals surface area contributed by atoms with Crippen molar-refractivity contribution in [3.63, 3.8) is 0 Å². The number of benzene rings is 1. The topological polar surface area (TPSA) is 69.4 Å². The van der Waals surface area contributed by atoms with Crippen LogP contribution in [0.25, 0.3) is 0 Å². The van der Waals surface area contributed by atoms with E-state index in [1.807, 2.05) is 0 Å². The number of hydrogen-bond acceptors (Lipinski definition) is 4. The summed E-state index contributed by atoms with van der Waals surface area (Å²) in [6.45, 7) is 0.359. The Balaban J connectivity index is 2.00. The zero-order valence-corrected chi connectivity index (χ0v) is 11.8. The molecule has 0 heterocycles. The summed E-state index contributed by atoms with van der Waals surface area (Å²) >= 11 is 5.89. The quantitative estimate of drug-likeness (QED) is 0.479. The Morgan fingerprint density at radius 1 is 1.35 bits per heavy atom. The van der Waals surface area contributed by atoms with Gasteiger partial charge in [0.1, 0.15) is 0 Å². The van der Waals surface area contributed by atoms with Crippen LogP contribution in [0, 0.1) is 16.0 Å². The van der Waals surface area contributed by atoms with Gasteiger partial charge in [-0.15, -0.1) is 0 Å². The van der Waals surface area contributed by atoms with Crippen LogP contribution in [0.5, 0.6) is 0 Å². The molecule has 0 atom stereocenters. The summed E-state index contributed by atoms with van der Waals surface area (Å²) in [5.41, 5.74) is -0.115. The first kappa shape index (κ1) is 14.8. The number of nitrogens with zero attached hydrogens (tertiary/aromatic N) is 1. The lowest BCUT2D eigenvalue weighted by Gasteiger charge is -2.21. The first-order valence-electron chi connectivity index (χ1n) is 6.69. The van der Waals surface area contributed by atoms with E-state index in [2.05, 4.69) is 0 Å². The maximum atomic E-state index is 12.0. The van der Waals surface area contributed by atoms with E-state index in [0.717, 1.165) is 18.9 Å². The molecule has 0 aromatic heterocycles. The highest BCUT2D eigenvalue weighted by molar-refractivity contribution is 6.33. The first-order chi connectivity index (χ1) is 9.58. The maximum absolute atomic E-state index is 12.0. The van der Waals surface area contributed by atoms with E-state index in [0.29, 0.717) is 12.5 Å². The summed E-state index contributed by atoms with van der Waals surface area (Å²) in [4.78, 5) is 22.1. The molecule has 20 heavy (non-hydrogen) atoms. The van der Waals surface area contributed by atoms with Crippen molar-refractivity contribution in [2.24, 2.45) is 5.92 Å². The molecule has 1 fully saturated rings. The molecule has 0 unspecified atom stereocenters. The van der Waals surface area contributed by atoms with Gasteiger partial charge in [-0.2, -0.15) is 0 Å². The normalized spacial score (nSPS) is 15.8. The van der Waals surface area contributed by atoms with Crippen molar-refractivity contribution in [1.29, 1.82) is 0 Å². The number of halogens is 1. The van der Waals surface area contributed by atoms with Gasteiger partial charge in [0.05, 0.1) is 22.1 Å². The molecule has 0 bridgehead atoms. The minimum absolute atomic E-state index is 0.0525. The molecule has 1 saturated carbocycles. The second-order valence-corrected chi connectivity index (χ2v) is 5.43. The van der Waals surface area contributed by atoms with E-state index in [-0.39, 0.29) is 16.3 Å². The number of esters is 1. The van der Waals surface area contributed by atoms with Crippen molar-refractivity contribution in [2.45, 2.75) is 32.1 Å². The lowest BCUT2D eigenvalue weighted by Crippen LogP contribution is -2.17. The van der Waals surface area contributed by atoms with E-state index in [1.165, 1.54) is 31.4 Å². The van der Waals surface area contributed by atoms with Crippen LogP contribution in [0.3, 0.4) is 0 Å². The second-order valence-electron chi connectivity index (χ2n) is 5.02. The van der Waals surface area contributed by atoms with Crippen LogP contribution in [-0.4, -0.2) is 17.5 Å². The monoisotopic (exact) mass is 297 g/mol. The molecule has 0 spiro atoms. The number of hydrogen-bond donors (Lipinski definition) is 0. The predicted octanol–water partition coefficient (Wildman–Crippen LogP) is 3.99. The first-order valence-corrected chi connectivity index (χ1v) is 7.07. The summed E-state index contributed by atoms with van der Waals surface area (Å²) in [5, 5.41) is 10.9. The van der Waals surface area contributed by atoms with Gasteiger partial charge >= 0.3 is 5.97 Å². The Morgan fingerprint density at radius 2 is 2.05 bits per heavy atom. The summed E-state index contributed by atoms with van der Waals surface area (Å²) in [6.07, 6.45) is 5.70. The Kier molecular flexibility index (Phi) is 4.95. The van der Waals surface area contributed by atoms with Crippen molar-refractivity contribution in [2.75, 3.05) is 6.61 Å². The van der Waals surface area contributed by atoms with Gasteiger partial charge in [0.2, 0.25) is 0 Å². The van der Waals surface area contributed by atoms with Gasteiger partial charge in [-0.25, -0.2) is 4.79 Å². The third-order valence-corrected chi connectivity index (χ3v) is 3.89. The zero-order valence-electron chi connectivity index (χ0n) is 11.0. The Labute approximate surface area is 122 Å². The predicted molar refractivity (Wildman–Crippen MR) is 75.0 cm³/mol. The molecule has 0 amide bonds. The number of nitro benzene ring substituents is 1. The fourth-order valence-corrected chi connectivity index (χ4v) is 2.60. The molecule has 1 aromatic rings. The third-order valence-electron chi connectivity index (χ3n) is 3.56. The Morgan fingerprint density at radius 3 is 2.70 bits per heavy atom. The molecule has 5 nitrogen and oxygen atoms in total. The van der Waals surface area contributed by atoms with Gasteiger partial charge in [-0.1, -0.05) is 30.9 Å². The highest BCUT2D eigenvalue weighted by Crippen LogP contribution is 2.26. The highest BCUT2D eigenvalue weighted by Gasteiger charge is 2.20. The van der Waals surface area contributed by atoms with Crippen LogP contribution in [0.2, 0.25) is 5.02 Å². The van der Waals surface area contributed by atoms with E-state index in [9.17, 15) is 14.9 Å². The van der Waals surface area contributed by atoms with E-state index in [4.69, 9.17) is 16.3 Å². The fourth-order valence-electron chi connectivity index (χ4n) is 2.41. The van der Waals surface area contributed by atoms with Crippen LogP contribution >= 0.6 is 11.6 Å². The van der Waals surface area contributed by atoms with E-state index < -0.39 is 10.9 Å². The van der Waals surface area contributed by atoms with Gasteiger partial charge in [-0.05, 0) is 24.8 Å². The molecule has 1 aliphatic rings. The van der Waals surface area contributed by atoms with E-state index in [1.54, 1.807) is 0 Å². The van der Waals surface area contributed by atoms with Crippen molar-refractivity contribution in [3.05, 3.63) is 38.9 Å². The zero-order chi connectivity index (χ0) is 14.5. The van der Waals surface area contributed by atoms with Crippen LogP contribution in [0.15, 0.2) is 18.2 Å². The van der Waals surface area contributed by atoms with Crippen LogP contribution < -0.4 is 0 Å². The summed E-state index contributed by atoms with van der Waals surface area (Å²) in [5.74, 6) is -0.200. The summed E-state index contributed by atoms with van der Waals surface area (Å²) in [7, 11) is 0. The Bertz CT molecular complexity index is 512. The lowest BCUT2D eigenvalue weighted by atomic mass is 9.90. The minimum Gasteiger partial charge on any atom is -0.462 e. The van der Waals surface area contributed by atoms with Gasteiger partial charge in [0.15, 0.2) is 0 Å². The minimum atomic E-state index is -0.593. The second kappa shape index (κ2) is 6.70. The van der Waals surface area contributed by atoms with Gasteiger partial charge in [0, 0.05) is 12.1 Å². The molecule has 6 heteroatoms. The standard InChI is InChI=1S/C14H16ClNO4/c15-13-7-6-11(16(18)19)8-12(13)14(17)20-9-10-4-2-1-3-5-10/h6-8,10H,1-5,9H2. The Hall–Kier alpha value is -1.62. The number of rotatable bonds is 4. The maximum Gasteiger partial charge on any atom is 0.339 e. The van der Waals surface area contributed by atoms with Gasteiger partial charge < -0.3 is 4.74 Å². The molecular formula is C14H16ClNO4. The third kappa shape index (κ3) is 3.70. The van der Waals surface area contributed by atoms with Crippen molar-refractivity contribution < 1.29 is 14.5 Å². The molecular weight excluding hydrogens is 282 g/mol. The molecule has 0 N–H and O–H groups in total. The largest absolute Gasteiger partial charge is 0.462 e.